The predicted octanol–water partition coefficient (Wildman–Crippen LogP) is 3.52. The molecule has 0 amide bonds. The first-order chi connectivity index (χ1) is 12.3. The lowest BCUT2D eigenvalue weighted by Crippen LogP contribution is -2.20. The van der Waals surface area contributed by atoms with Crippen LogP contribution in [0.4, 0.5) is 15.8 Å². The van der Waals surface area contributed by atoms with Crippen LogP contribution in [0.1, 0.15) is 26.3 Å². The van der Waals surface area contributed by atoms with Gasteiger partial charge in [0.05, 0.1) is 25.3 Å². The molecule has 0 bridgehead atoms. The number of ether oxygens (including phenoxy) is 2. The molecule has 6 nitrogen and oxygen atoms in total. The lowest BCUT2D eigenvalue weighted by Gasteiger charge is -2.14. The van der Waals surface area contributed by atoms with Gasteiger partial charge in [0, 0.05) is 11.4 Å². The highest BCUT2D eigenvalue weighted by atomic mass is 32.1. The maximum atomic E-state index is 13.4. The van der Waals surface area contributed by atoms with Gasteiger partial charge in [-0.3, -0.25) is 0 Å². The number of halogens is 1. The van der Waals surface area contributed by atoms with Gasteiger partial charge in [-0.1, -0.05) is 6.07 Å². The Bertz CT molecular complexity index is 836. The molecule has 0 saturated heterocycles. The van der Waals surface area contributed by atoms with Crippen molar-refractivity contribution in [3.63, 3.8) is 0 Å². The molecule has 2 N–H and O–H groups in total. The highest BCUT2D eigenvalue weighted by Gasteiger charge is 2.14. The zero-order valence-electron chi connectivity index (χ0n) is 14.4. The van der Waals surface area contributed by atoms with Gasteiger partial charge in [0.2, 0.25) is 0 Å². The van der Waals surface area contributed by atoms with Crippen molar-refractivity contribution in [2.24, 2.45) is 0 Å². The molecule has 8 heteroatoms. The van der Waals surface area contributed by atoms with E-state index >= 15 is 0 Å². The molecule has 2 aromatic carbocycles. The van der Waals surface area contributed by atoms with Gasteiger partial charge in [0.25, 0.3) is 0 Å². The Labute approximate surface area is 155 Å². The minimum absolute atomic E-state index is 0.155. The van der Waals surface area contributed by atoms with E-state index in [2.05, 4.69) is 20.1 Å². The van der Waals surface area contributed by atoms with Crippen molar-refractivity contribution in [1.82, 2.24) is 0 Å². The molecule has 0 heterocycles. The first-order valence-corrected chi connectivity index (χ1v) is 7.90. The molecule has 2 aromatic rings. The third-order valence-electron chi connectivity index (χ3n) is 3.48. The van der Waals surface area contributed by atoms with Gasteiger partial charge >= 0.3 is 11.9 Å². The quantitative estimate of drug-likeness (QED) is 0.624. The fraction of sp³-hybridized carbons (Fsp3) is 0.167. The topological polar surface area (TPSA) is 76.7 Å². The van der Waals surface area contributed by atoms with Gasteiger partial charge < -0.3 is 20.1 Å². The summed E-state index contributed by atoms with van der Waals surface area (Å²) in [5, 5.41) is 5.89. The SMILES string of the molecule is COC(=O)c1cc(NC(=S)Nc2cc(F)ccc2C)cc(C(=O)OC)c1. The Morgan fingerprint density at radius 2 is 1.54 bits per heavy atom. The van der Waals surface area contributed by atoms with Crippen molar-refractivity contribution < 1.29 is 23.5 Å². The number of thiocarbonyl (C=S) groups is 1. The van der Waals surface area contributed by atoms with Crippen LogP contribution in [0.3, 0.4) is 0 Å². The first kappa shape index (κ1) is 19.3. The number of rotatable bonds is 4. The van der Waals surface area contributed by atoms with E-state index in [1.165, 1.54) is 44.6 Å². The molecule has 136 valence electrons. The molecule has 0 unspecified atom stereocenters. The molecular weight excluding hydrogens is 359 g/mol. The van der Waals surface area contributed by atoms with Crippen molar-refractivity contribution in [3.05, 3.63) is 58.9 Å². The van der Waals surface area contributed by atoms with Crippen molar-refractivity contribution in [2.75, 3.05) is 24.9 Å². The lowest BCUT2D eigenvalue weighted by atomic mass is 10.1. The number of carbonyl (C=O) groups is 2. The Hall–Kier alpha value is -3.00. The zero-order chi connectivity index (χ0) is 19.3. The summed E-state index contributed by atoms with van der Waals surface area (Å²) in [7, 11) is 2.47. The summed E-state index contributed by atoms with van der Waals surface area (Å²) < 4.78 is 22.7. The van der Waals surface area contributed by atoms with Crippen LogP contribution in [0, 0.1) is 12.7 Å². The molecule has 2 rings (SSSR count). The van der Waals surface area contributed by atoms with Gasteiger partial charge in [-0.25, -0.2) is 14.0 Å². The van der Waals surface area contributed by atoms with E-state index in [-0.39, 0.29) is 16.2 Å². The lowest BCUT2D eigenvalue weighted by molar-refractivity contribution is 0.0599. The standard InChI is InChI=1S/C18H17FN2O4S/c1-10-4-5-13(19)9-15(10)21-18(26)20-14-7-11(16(22)24-2)6-12(8-14)17(23)25-3/h4-9H,1-3H3,(H2,20,21,26). The molecule has 0 atom stereocenters. The minimum Gasteiger partial charge on any atom is -0.465 e. The Balaban J connectivity index is 2.26. The molecule has 0 spiro atoms. The van der Waals surface area contributed by atoms with Gasteiger partial charge in [-0.2, -0.15) is 0 Å². The van der Waals surface area contributed by atoms with Crippen molar-refractivity contribution in [1.29, 1.82) is 0 Å². The van der Waals surface area contributed by atoms with Crippen molar-refractivity contribution >= 4 is 40.6 Å². The Morgan fingerprint density at radius 3 is 2.08 bits per heavy atom. The molecule has 0 aliphatic rings. The number of methoxy groups -OCH3 is 2. The number of nitrogens with one attached hydrogen (secondary N) is 2. The highest BCUT2D eigenvalue weighted by molar-refractivity contribution is 7.80. The summed E-state index contributed by atoms with van der Waals surface area (Å²) in [5.41, 5.74) is 1.99. The smallest absolute Gasteiger partial charge is 0.337 e. The average molecular weight is 376 g/mol. The summed E-state index contributed by atoms with van der Waals surface area (Å²) in [6, 6.07) is 8.59. The number of aryl methyl sites for hydroxylation is 1. The normalized spacial score (nSPS) is 10.0. The van der Waals surface area contributed by atoms with E-state index in [1.54, 1.807) is 13.0 Å². The highest BCUT2D eigenvalue weighted by Crippen LogP contribution is 2.19. The van der Waals surface area contributed by atoms with Crippen LogP contribution < -0.4 is 10.6 Å². The monoisotopic (exact) mass is 376 g/mol. The predicted molar refractivity (Wildman–Crippen MR) is 100 cm³/mol. The van der Waals surface area contributed by atoms with Crippen molar-refractivity contribution in [3.8, 4) is 0 Å². The molecule has 0 saturated carbocycles. The largest absolute Gasteiger partial charge is 0.465 e. The van der Waals surface area contributed by atoms with Crippen LogP contribution in [0.5, 0.6) is 0 Å². The molecule has 0 aromatic heterocycles. The average Bonchev–Trinajstić information content (AvgIpc) is 2.62. The van der Waals surface area contributed by atoms with E-state index in [0.717, 1.165) is 5.56 Å². The summed E-state index contributed by atoms with van der Waals surface area (Å²) >= 11 is 5.22. The Kier molecular flexibility index (Phi) is 6.24. The second-order valence-electron chi connectivity index (χ2n) is 5.32. The molecule has 0 fully saturated rings. The van der Waals surface area contributed by atoms with Crippen LogP contribution in [-0.2, 0) is 9.47 Å². The van der Waals surface area contributed by atoms with Crippen molar-refractivity contribution in [2.45, 2.75) is 6.92 Å². The van der Waals surface area contributed by atoms with Crippen LogP contribution >= 0.6 is 12.2 Å². The number of carbonyl (C=O) groups excluding carboxylic acids is 2. The Morgan fingerprint density at radius 1 is 0.962 bits per heavy atom. The van der Waals surface area contributed by atoms with E-state index in [0.29, 0.717) is 11.4 Å². The zero-order valence-corrected chi connectivity index (χ0v) is 15.2. The first-order valence-electron chi connectivity index (χ1n) is 7.50. The van der Waals surface area contributed by atoms with Crippen LogP contribution in [0.15, 0.2) is 36.4 Å². The maximum Gasteiger partial charge on any atom is 0.337 e. The fourth-order valence-corrected chi connectivity index (χ4v) is 2.41. The summed E-state index contributed by atoms with van der Waals surface area (Å²) in [4.78, 5) is 23.6. The number of benzene rings is 2. The molecule has 0 radical (unpaired) electrons. The second-order valence-corrected chi connectivity index (χ2v) is 5.73. The third kappa shape index (κ3) is 4.76. The summed E-state index contributed by atoms with van der Waals surface area (Å²) in [5.74, 6) is -1.63. The second kappa shape index (κ2) is 8.39. The van der Waals surface area contributed by atoms with Gasteiger partial charge in [0.15, 0.2) is 5.11 Å². The van der Waals surface area contributed by atoms with E-state index < -0.39 is 17.8 Å². The summed E-state index contributed by atoms with van der Waals surface area (Å²) in [6.07, 6.45) is 0. The van der Waals surface area contributed by atoms with E-state index in [9.17, 15) is 14.0 Å². The van der Waals surface area contributed by atoms with Crippen LogP contribution in [0.2, 0.25) is 0 Å². The fourth-order valence-electron chi connectivity index (χ4n) is 2.18. The number of esters is 2. The van der Waals surface area contributed by atoms with Gasteiger partial charge in [-0.15, -0.1) is 0 Å². The van der Waals surface area contributed by atoms with Crippen LogP contribution in [0.25, 0.3) is 0 Å². The molecule has 0 aliphatic carbocycles. The summed E-state index contributed by atoms with van der Waals surface area (Å²) in [6.45, 7) is 1.80. The van der Waals surface area contributed by atoms with E-state index in [4.69, 9.17) is 12.2 Å². The number of hydrogen-bond donors (Lipinski definition) is 2. The van der Waals surface area contributed by atoms with E-state index in [1.807, 2.05) is 0 Å². The molecule has 0 aliphatic heterocycles. The number of hydrogen-bond acceptors (Lipinski definition) is 5. The molecular formula is C18H17FN2O4S. The van der Waals surface area contributed by atoms with Crippen LogP contribution in [-0.4, -0.2) is 31.3 Å². The van der Waals surface area contributed by atoms with Gasteiger partial charge in [-0.05, 0) is 55.0 Å². The number of anilines is 2. The third-order valence-corrected chi connectivity index (χ3v) is 3.69. The van der Waals surface area contributed by atoms with Gasteiger partial charge in [0.1, 0.15) is 5.82 Å². The molecule has 26 heavy (non-hydrogen) atoms. The maximum absolute atomic E-state index is 13.4. The minimum atomic E-state index is -0.612.